The molecule has 1 saturated heterocycles. The van der Waals surface area contributed by atoms with Crippen LogP contribution in [0.3, 0.4) is 0 Å². The van der Waals surface area contributed by atoms with Crippen molar-refractivity contribution in [2.75, 3.05) is 11.1 Å². The molecule has 1 fully saturated rings. The van der Waals surface area contributed by atoms with Crippen molar-refractivity contribution in [2.45, 2.75) is 24.6 Å². The van der Waals surface area contributed by atoms with Crippen LogP contribution < -0.4 is 5.32 Å². The monoisotopic (exact) mass is 323 g/mol. The van der Waals surface area contributed by atoms with Gasteiger partial charge in [-0.3, -0.25) is 0 Å². The Morgan fingerprint density at radius 1 is 1.56 bits per heavy atom. The molecule has 1 aromatic rings. The third kappa shape index (κ3) is 2.66. The molecule has 1 aromatic carbocycles. The average Bonchev–Trinajstić information content (AvgIpc) is 2.57. The van der Waals surface area contributed by atoms with E-state index in [1.807, 2.05) is 11.8 Å². The third-order valence-electron chi connectivity index (χ3n) is 2.71. The van der Waals surface area contributed by atoms with Crippen molar-refractivity contribution in [3.63, 3.8) is 0 Å². The van der Waals surface area contributed by atoms with Gasteiger partial charge in [0, 0.05) is 15.8 Å². The third-order valence-corrected chi connectivity index (χ3v) is 4.96. The topological polar surface area (TPSA) is 12.0 Å². The Hall–Kier alpha value is 0.0700. The number of thioether (sulfide) groups is 1. The van der Waals surface area contributed by atoms with Crippen LogP contribution in [0.25, 0.3) is 0 Å². The van der Waals surface area contributed by atoms with E-state index in [0.29, 0.717) is 20.8 Å². The van der Waals surface area contributed by atoms with E-state index in [0.717, 1.165) is 17.9 Å². The fourth-order valence-electron chi connectivity index (χ4n) is 1.79. The van der Waals surface area contributed by atoms with Gasteiger partial charge in [0.05, 0.1) is 10.7 Å². The lowest BCUT2D eigenvalue weighted by atomic mass is 10.1. The molecule has 1 aliphatic rings. The quantitative estimate of drug-likeness (QED) is 0.856. The molecule has 0 amide bonds. The minimum atomic E-state index is -0.323. The van der Waals surface area contributed by atoms with Crippen LogP contribution in [0.4, 0.5) is 10.1 Å². The Morgan fingerprint density at radius 2 is 2.31 bits per heavy atom. The lowest BCUT2D eigenvalue weighted by molar-refractivity contribution is 0.626. The molecule has 5 heteroatoms. The van der Waals surface area contributed by atoms with Crippen molar-refractivity contribution in [1.29, 1.82) is 0 Å². The maximum absolute atomic E-state index is 13.1. The summed E-state index contributed by atoms with van der Waals surface area (Å²) in [7, 11) is 0. The smallest absolute Gasteiger partial charge is 0.125 e. The van der Waals surface area contributed by atoms with E-state index < -0.39 is 0 Å². The number of halogens is 3. The lowest BCUT2D eigenvalue weighted by Crippen LogP contribution is -2.25. The van der Waals surface area contributed by atoms with Crippen LogP contribution in [-0.4, -0.2) is 17.0 Å². The summed E-state index contributed by atoms with van der Waals surface area (Å²) >= 11 is 11.3. The van der Waals surface area contributed by atoms with Gasteiger partial charge in [-0.25, -0.2) is 4.39 Å². The fraction of sp³-hybridized carbons (Fsp3) is 0.455. The molecule has 1 aliphatic heterocycles. The van der Waals surface area contributed by atoms with E-state index >= 15 is 0 Å². The molecular formula is C11H12BrClFNS. The molecule has 0 bridgehead atoms. The summed E-state index contributed by atoms with van der Waals surface area (Å²) in [5.74, 6) is 0.839. The highest BCUT2D eigenvalue weighted by atomic mass is 79.9. The zero-order chi connectivity index (χ0) is 11.7. The normalized spacial score (nSPS) is 24.8. The summed E-state index contributed by atoms with van der Waals surface area (Å²) in [4.78, 5) is 0. The van der Waals surface area contributed by atoms with E-state index in [1.165, 1.54) is 12.1 Å². The molecule has 2 rings (SSSR count). The Labute approximate surface area is 112 Å². The van der Waals surface area contributed by atoms with Crippen LogP contribution in [0.2, 0.25) is 5.02 Å². The number of rotatable bonds is 2. The van der Waals surface area contributed by atoms with Crippen molar-refractivity contribution in [1.82, 2.24) is 0 Å². The van der Waals surface area contributed by atoms with E-state index in [4.69, 9.17) is 11.6 Å². The van der Waals surface area contributed by atoms with Crippen LogP contribution in [0.1, 0.15) is 13.3 Å². The second-order valence-corrected chi connectivity index (χ2v) is 6.61. The van der Waals surface area contributed by atoms with Crippen LogP contribution in [0.15, 0.2) is 16.6 Å². The van der Waals surface area contributed by atoms with E-state index in [2.05, 4.69) is 28.2 Å². The number of anilines is 1. The number of hydrogen-bond donors (Lipinski definition) is 1. The van der Waals surface area contributed by atoms with E-state index in [1.54, 1.807) is 0 Å². The van der Waals surface area contributed by atoms with Crippen molar-refractivity contribution in [3.8, 4) is 0 Å². The average molecular weight is 325 g/mol. The molecule has 1 heterocycles. The Kier molecular flexibility index (Phi) is 4.03. The molecule has 2 atom stereocenters. The Balaban J connectivity index is 2.21. The highest BCUT2D eigenvalue weighted by Crippen LogP contribution is 2.35. The van der Waals surface area contributed by atoms with Gasteiger partial charge in [-0.15, -0.1) is 0 Å². The predicted molar refractivity (Wildman–Crippen MR) is 73.1 cm³/mol. The largest absolute Gasteiger partial charge is 0.379 e. The van der Waals surface area contributed by atoms with E-state index in [-0.39, 0.29) is 5.82 Å². The van der Waals surface area contributed by atoms with Crippen LogP contribution in [0, 0.1) is 5.82 Å². The maximum atomic E-state index is 13.1. The Bertz CT molecular complexity index is 379. The first-order chi connectivity index (χ1) is 7.58. The van der Waals surface area contributed by atoms with Gasteiger partial charge in [0.15, 0.2) is 0 Å². The highest BCUT2D eigenvalue weighted by molar-refractivity contribution is 9.10. The first-order valence-electron chi connectivity index (χ1n) is 5.10. The number of nitrogens with one attached hydrogen (secondary N) is 1. The zero-order valence-electron chi connectivity index (χ0n) is 8.77. The highest BCUT2D eigenvalue weighted by Gasteiger charge is 2.25. The molecule has 2 unspecified atom stereocenters. The van der Waals surface area contributed by atoms with Gasteiger partial charge in [-0.05, 0) is 40.2 Å². The van der Waals surface area contributed by atoms with Crippen molar-refractivity contribution in [2.24, 2.45) is 0 Å². The van der Waals surface area contributed by atoms with Gasteiger partial charge in [0.1, 0.15) is 5.82 Å². The summed E-state index contributed by atoms with van der Waals surface area (Å²) in [6, 6.07) is 3.17. The number of hydrogen-bond acceptors (Lipinski definition) is 2. The zero-order valence-corrected chi connectivity index (χ0v) is 11.9. The molecule has 88 valence electrons. The van der Waals surface area contributed by atoms with Crippen LogP contribution in [-0.2, 0) is 0 Å². The van der Waals surface area contributed by atoms with Crippen molar-refractivity contribution in [3.05, 3.63) is 27.4 Å². The molecule has 0 radical (unpaired) electrons. The van der Waals surface area contributed by atoms with Crippen molar-refractivity contribution < 1.29 is 4.39 Å². The SMILES string of the molecule is CC1SCCC1Nc1c(Cl)cc(F)cc1Br. The maximum Gasteiger partial charge on any atom is 0.125 e. The van der Waals surface area contributed by atoms with Gasteiger partial charge < -0.3 is 5.32 Å². The minimum absolute atomic E-state index is 0.323. The predicted octanol–water partition coefficient (Wildman–Crippen LogP) is 4.55. The van der Waals surface area contributed by atoms with Gasteiger partial charge in [-0.1, -0.05) is 18.5 Å². The molecule has 1 nitrogen and oxygen atoms in total. The van der Waals surface area contributed by atoms with Gasteiger partial charge >= 0.3 is 0 Å². The van der Waals surface area contributed by atoms with Crippen molar-refractivity contribution >= 4 is 45.0 Å². The summed E-state index contributed by atoms with van der Waals surface area (Å²) in [5.41, 5.74) is 0.794. The summed E-state index contributed by atoms with van der Waals surface area (Å²) in [6.07, 6.45) is 1.12. The standard InChI is InChI=1S/C11H12BrClFNS/c1-6-10(2-3-16-6)15-11-8(12)4-7(14)5-9(11)13/h4-6,10,15H,2-3H2,1H3. The van der Waals surface area contributed by atoms with E-state index in [9.17, 15) is 4.39 Å². The molecule has 16 heavy (non-hydrogen) atoms. The molecular weight excluding hydrogens is 313 g/mol. The van der Waals surface area contributed by atoms with Gasteiger partial charge in [-0.2, -0.15) is 11.8 Å². The van der Waals surface area contributed by atoms with Crippen LogP contribution in [0.5, 0.6) is 0 Å². The summed E-state index contributed by atoms with van der Waals surface area (Å²) < 4.78 is 13.7. The second-order valence-electron chi connectivity index (χ2n) is 3.86. The summed E-state index contributed by atoms with van der Waals surface area (Å²) in [5, 5.41) is 4.38. The molecule has 0 aromatic heterocycles. The Morgan fingerprint density at radius 3 is 2.88 bits per heavy atom. The molecule has 0 spiro atoms. The molecule has 0 saturated carbocycles. The number of benzene rings is 1. The summed E-state index contributed by atoms with van der Waals surface area (Å²) in [6.45, 7) is 2.20. The fourth-order valence-corrected chi connectivity index (χ4v) is 3.91. The van der Waals surface area contributed by atoms with Gasteiger partial charge in [0.25, 0.3) is 0 Å². The molecule has 1 N–H and O–H groups in total. The van der Waals surface area contributed by atoms with Crippen LogP contribution >= 0.6 is 39.3 Å². The first kappa shape index (κ1) is 12.5. The first-order valence-corrected chi connectivity index (χ1v) is 7.32. The van der Waals surface area contributed by atoms with Gasteiger partial charge in [0.2, 0.25) is 0 Å². The minimum Gasteiger partial charge on any atom is -0.379 e. The second kappa shape index (κ2) is 5.15. The molecule has 0 aliphatic carbocycles. The lowest BCUT2D eigenvalue weighted by Gasteiger charge is -2.20.